The number of anilines is 1. The van der Waals surface area contributed by atoms with Gasteiger partial charge in [-0.15, -0.1) is 0 Å². The molecule has 4 nitrogen and oxygen atoms in total. The van der Waals surface area contributed by atoms with Crippen LogP contribution in [0.1, 0.15) is 37.3 Å². The maximum atomic E-state index is 5.81. The van der Waals surface area contributed by atoms with E-state index in [1.165, 1.54) is 31.2 Å². The van der Waals surface area contributed by atoms with E-state index >= 15 is 0 Å². The molecule has 3 atom stereocenters. The number of nitrogens with zero attached hydrogens (tertiary/aromatic N) is 2. The van der Waals surface area contributed by atoms with E-state index in [-0.39, 0.29) is 6.04 Å². The first-order chi connectivity index (χ1) is 9.22. The Kier molecular flexibility index (Phi) is 3.46. The fraction of sp³-hybridized carbons (Fsp3) is 0.667. The Bertz CT molecular complexity index is 416. The van der Waals surface area contributed by atoms with Gasteiger partial charge in [0.2, 0.25) is 0 Å². The highest BCUT2D eigenvalue weighted by molar-refractivity contribution is 5.38. The van der Waals surface area contributed by atoms with E-state index in [9.17, 15) is 0 Å². The highest BCUT2D eigenvalue weighted by atomic mass is 15.2. The summed E-state index contributed by atoms with van der Waals surface area (Å²) in [6.07, 6.45) is 7.54. The van der Waals surface area contributed by atoms with Crippen molar-refractivity contribution >= 4 is 5.82 Å². The predicted octanol–water partition coefficient (Wildman–Crippen LogP) is 2.09. The maximum absolute atomic E-state index is 5.81. The molecule has 1 heterocycles. The molecule has 0 saturated heterocycles. The summed E-state index contributed by atoms with van der Waals surface area (Å²) in [5.74, 6) is 9.31. The normalized spacial score (nSPS) is 30.6. The largest absolute Gasteiger partial charge is 0.363 e. The Morgan fingerprint density at radius 3 is 2.42 bits per heavy atom. The number of nitrogens with one attached hydrogen (secondary N) is 1. The molecule has 0 aliphatic heterocycles. The van der Waals surface area contributed by atoms with Gasteiger partial charge in [0.25, 0.3) is 0 Å². The minimum atomic E-state index is 0.275. The van der Waals surface area contributed by atoms with Gasteiger partial charge in [-0.25, -0.2) is 4.98 Å². The van der Waals surface area contributed by atoms with Gasteiger partial charge in [-0.1, -0.05) is 18.9 Å². The highest BCUT2D eigenvalue weighted by Gasteiger charge is 2.54. The topological polar surface area (TPSA) is 54.2 Å². The second-order valence-corrected chi connectivity index (χ2v) is 6.18. The molecule has 0 radical (unpaired) electrons. The van der Waals surface area contributed by atoms with Gasteiger partial charge in [0.05, 0.1) is 6.04 Å². The molecular weight excluding hydrogens is 236 g/mol. The van der Waals surface area contributed by atoms with Crippen LogP contribution in [-0.2, 0) is 0 Å². The van der Waals surface area contributed by atoms with Crippen LogP contribution in [-0.4, -0.2) is 19.1 Å². The van der Waals surface area contributed by atoms with Crippen LogP contribution < -0.4 is 16.2 Å². The van der Waals surface area contributed by atoms with E-state index in [1.807, 2.05) is 25.2 Å². The molecule has 3 N–H and O–H groups in total. The molecule has 3 unspecified atom stereocenters. The van der Waals surface area contributed by atoms with E-state index in [2.05, 4.69) is 22.5 Å². The minimum absolute atomic E-state index is 0.275. The number of hydrogen-bond acceptors (Lipinski definition) is 4. The fourth-order valence-corrected chi connectivity index (χ4v) is 3.82. The number of hydrogen-bond donors (Lipinski definition) is 2. The van der Waals surface area contributed by atoms with Gasteiger partial charge < -0.3 is 4.90 Å². The number of aromatic nitrogens is 1. The lowest BCUT2D eigenvalue weighted by Gasteiger charge is -2.18. The second kappa shape index (κ2) is 5.10. The molecule has 104 valence electrons. The molecule has 3 rings (SSSR count). The molecule has 2 aliphatic carbocycles. The molecular formula is C15H24N4. The van der Waals surface area contributed by atoms with E-state index < -0.39 is 0 Å². The Balaban J connectivity index is 1.75. The van der Waals surface area contributed by atoms with Crippen molar-refractivity contribution in [2.24, 2.45) is 23.6 Å². The summed E-state index contributed by atoms with van der Waals surface area (Å²) in [4.78, 5) is 6.52. The van der Waals surface area contributed by atoms with Crippen molar-refractivity contribution in [1.29, 1.82) is 0 Å². The molecule has 2 aliphatic rings. The quantitative estimate of drug-likeness (QED) is 0.643. The Hall–Kier alpha value is -1.13. The molecule has 1 aromatic rings. The Morgan fingerprint density at radius 1 is 1.26 bits per heavy atom. The number of pyridine rings is 1. The SMILES string of the molecule is CN(C)c1ccc(C(NN)C2C3CCCCC32)cn1. The number of fused-ring (bicyclic) bond motifs is 1. The first-order valence-electron chi connectivity index (χ1n) is 7.32. The average molecular weight is 260 g/mol. The van der Waals surface area contributed by atoms with Crippen LogP contribution in [0.25, 0.3) is 0 Å². The summed E-state index contributed by atoms with van der Waals surface area (Å²) in [5, 5.41) is 0. The van der Waals surface area contributed by atoms with Crippen molar-refractivity contribution in [3.8, 4) is 0 Å². The number of hydrazine groups is 1. The highest BCUT2D eigenvalue weighted by Crippen LogP contribution is 2.60. The van der Waals surface area contributed by atoms with Gasteiger partial charge in [0.15, 0.2) is 0 Å². The monoisotopic (exact) mass is 260 g/mol. The zero-order chi connectivity index (χ0) is 13.4. The van der Waals surface area contributed by atoms with E-state index in [0.717, 1.165) is 23.6 Å². The first-order valence-corrected chi connectivity index (χ1v) is 7.32. The van der Waals surface area contributed by atoms with Crippen molar-refractivity contribution in [2.45, 2.75) is 31.7 Å². The van der Waals surface area contributed by atoms with E-state index in [0.29, 0.717) is 0 Å². The minimum Gasteiger partial charge on any atom is -0.363 e. The van der Waals surface area contributed by atoms with Gasteiger partial charge in [-0.3, -0.25) is 11.3 Å². The molecule has 0 bridgehead atoms. The van der Waals surface area contributed by atoms with E-state index in [1.54, 1.807) is 0 Å². The van der Waals surface area contributed by atoms with Gasteiger partial charge in [0.1, 0.15) is 5.82 Å². The Morgan fingerprint density at radius 2 is 1.95 bits per heavy atom. The summed E-state index contributed by atoms with van der Waals surface area (Å²) in [6, 6.07) is 4.51. The lowest BCUT2D eigenvalue weighted by atomic mass is 10.0. The fourth-order valence-electron chi connectivity index (χ4n) is 3.82. The number of nitrogens with two attached hydrogens (primary N) is 1. The van der Waals surface area contributed by atoms with Crippen LogP contribution in [0.3, 0.4) is 0 Å². The second-order valence-electron chi connectivity index (χ2n) is 6.18. The molecule has 2 fully saturated rings. The van der Waals surface area contributed by atoms with E-state index in [4.69, 9.17) is 5.84 Å². The van der Waals surface area contributed by atoms with Crippen LogP contribution in [0.15, 0.2) is 18.3 Å². The van der Waals surface area contributed by atoms with Gasteiger partial charge in [-0.2, -0.15) is 0 Å². The van der Waals surface area contributed by atoms with Crippen LogP contribution in [0, 0.1) is 17.8 Å². The third kappa shape index (κ3) is 2.35. The third-order valence-corrected chi connectivity index (χ3v) is 4.88. The summed E-state index contributed by atoms with van der Waals surface area (Å²) in [6.45, 7) is 0. The standard InChI is InChI=1S/C15H24N4/c1-19(2)13-8-7-10(9-17-13)15(18-16)14-11-5-3-4-6-12(11)14/h7-9,11-12,14-15,18H,3-6,16H2,1-2H3. The van der Waals surface area contributed by atoms with Crippen LogP contribution in [0.2, 0.25) is 0 Å². The van der Waals surface area contributed by atoms with Crippen molar-refractivity contribution in [2.75, 3.05) is 19.0 Å². The lowest BCUT2D eigenvalue weighted by molar-refractivity contribution is 0.455. The zero-order valence-electron chi connectivity index (χ0n) is 11.8. The van der Waals surface area contributed by atoms with Crippen LogP contribution in [0.4, 0.5) is 5.82 Å². The summed E-state index contributed by atoms with van der Waals surface area (Å²) in [5.41, 5.74) is 4.26. The summed E-state index contributed by atoms with van der Waals surface area (Å²) in [7, 11) is 4.02. The van der Waals surface area contributed by atoms with Crippen molar-refractivity contribution in [1.82, 2.24) is 10.4 Å². The third-order valence-electron chi connectivity index (χ3n) is 4.88. The van der Waals surface area contributed by atoms with Crippen LogP contribution >= 0.6 is 0 Å². The summed E-state index contributed by atoms with van der Waals surface area (Å²) < 4.78 is 0. The molecule has 2 saturated carbocycles. The maximum Gasteiger partial charge on any atom is 0.127 e. The molecule has 19 heavy (non-hydrogen) atoms. The van der Waals surface area contributed by atoms with Crippen molar-refractivity contribution in [3.05, 3.63) is 23.9 Å². The van der Waals surface area contributed by atoms with Crippen molar-refractivity contribution < 1.29 is 0 Å². The summed E-state index contributed by atoms with van der Waals surface area (Å²) >= 11 is 0. The van der Waals surface area contributed by atoms with Gasteiger partial charge >= 0.3 is 0 Å². The molecule has 0 aromatic carbocycles. The lowest BCUT2D eigenvalue weighted by Crippen LogP contribution is -2.30. The first kappa shape index (κ1) is 12.9. The molecule has 0 amide bonds. The number of rotatable bonds is 4. The van der Waals surface area contributed by atoms with Crippen LogP contribution in [0.5, 0.6) is 0 Å². The zero-order valence-corrected chi connectivity index (χ0v) is 11.8. The Labute approximate surface area is 115 Å². The average Bonchev–Trinajstić information content (AvgIpc) is 3.15. The smallest absolute Gasteiger partial charge is 0.127 e. The van der Waals surface area contributed by atoms with Crippen molar-refractivity contribution in [3.63, 3.8) is 0 Å². The molecule has 4 heteroatoms. The van der Waals surface area contributed by atoms with Gasteiger partial charge in [0, 0.05) is 20.3 Å². The molecule has 1 aromatic heterocycles. The van der Waals surface area contributed by atoms with Gasteiger partial charge in [-0.05, 0) is 42.2 Å². The molecule has 0 spiro atoms. The predicted molar refractivity (Wildman–Crippen MR) is 77.6 cm³/mol.